The van der Waals surface area contributed by atoms with Crippen molar-refractivity contribution in [2.45, 2.75) is 70.3 Å². The van der Waals surface area contributed by atoms with Crippen LogP contribution in [-0.4, -0.2) is 37.6 Å². The molecular weight excluding hydrogens is 220 g/mol. The summed E-state index contributed by atoms with van der Waals surface area (Å²) in [6.07, 6.45) is 14.4. The second-order valence-corrected chi connectivity index (χ2v) is 6.56. The van der Waals surface area contributed by atoms with E-state index >= 15 is 0 Å². The van der Waals surface area contributed by atoms with E-state index < -0.39 is 0 Å². The average Bonchev–Trinajstić information content (AvgIpc) is 3.19. The molecule has 2 saturated carbocycles. The van der Waals surface area contributed by atoms with E-state index in [-0.39, 0.29) is 0 Å². The van der Waals surface area contributed by atoms with Gasteiger partial charge in [0.25, 0.3) is 0 Å². The van der Waals surface area contributed by atoms with Crippen LogP contribution in [0.4, 0.5) is 0 Å². The number of rotatable bonds is 9. The zero-order valence-corrected chi connectivity index (χ0v) is 12.3. The largest absolute Gasteiger partial charge is 0.314 e. The third kappa shape index (κ3) is 6.19. The Balaban J connectivity index is 1.39. The fourth-order valence-electron chi connectivity index (χ4n) is 3.18. The van der Waals surface area contributed by atoms with E-state index in [0.717, 1.165) is 12.0 Å². The highest BCUT2D eigenvalue weighted by Gasteiger charge is 2.19. The third-order valence-corrected chi connectivity index (χ3v) is 4.52. The van der Waals surface area contributed by atoms with Crippen LogP contribution in [0.3, 0.4) is 0 Å². The Kier molecular flexibility index (Phi) is 6.50. The summed E-state index contributed by atoms with van der Waals surface area (Å²) in [7, 11) is 2.32. The van der Waals surface area contributed by atoms with Crippen LogP contribution >= 0.6 is 0 Å². The van der Waals surface area contributed by atoms with Crippen molar-refractivity contribution in [2.75, 3.05) is 26.7 Å². The fraction of sp³-hybridized carbons (Fsp3) is 1.00. The van der Waals surface area contributed by atoms with E-state index in [4.69, 9.17) is 0 Å². The summed E-state index contributed by atoms with van der Waals surface area (Å²) in [6.45, 7) is 3.90. The Labute approximate surface area is 114 Å². The molecule has 0 unspecified atom stereocenters. The summed E-state index contributed by atoms with van der Waals surface area (Å²) in [4.78, 5) is 2.57. The van der Waals surface area contributed by atoms with Gasteiger partial charge in [-0.3, -0.25) is 0 Å². The first-order chi connectivity index (χ1) is 8.84. The van der Waals surface area contributed by atoms with Crippen molar-refractivity contribution < 1.29 is 0 Å². The van der Waals surface area contributed by atoms with Crippen LogP contribution in [0.5, 0.6) is 0 Å². The van der Waals surface area contributed by atoms with E-state index in [9.17, 15) is 0 Å². The minimum absolute atomic E-state index is 0.888. The lowest BCUT2D eigenvalue weighted by Crippen LogP contribution is -2.28. The van der Waals surface area contributed by atoms with Crippen molar-refractivity contribution in [1.82, 2.24) is 10.2 Å². The highest BCUT2D eigenvalue weighted by molar-refractivity contribution is 4.80. The van der Waals surface area contributed by atoms with E-state index in [1.807, 2.05) is 0 Å². The summed E-state index contributed by atoms with van der Waals surface area (Å²) in [5.74, 6) is 1.00. The monoisotopic (exact) mass is 252 g/mol. The second kappa shape index (κ2) is 8.16. The molecule has 2 aliphatic carbocycles. The Morgan fingerprint density at radius 1 is 0.944 bits per heavy atom. The van der Waals surface area contributed by atoms with Crippen molar-refractivity contribution in [3.8, 4) is 0 Å². The van der Waals surface area contributed by atoms with E-state index in [2.05, 4.69) is 17.3 Å². The molecule has 0 atom stereocenters. The fourth-order valence-corrected chi connectivity index (χ4v) is 3.18. The summed E-state index contributed by atoms with van der Waals surface area (Å²) >= 11 is 0. The molecule has 2 heteroatoms. The Hall–Kier alpha value is -0.0800. The van der Waals surface area contributed by atoms with Crippen LogP contribution in [0.25, 0.3) is 0 Å². The minimum Gasteiger partial charge on any atom is -0.314 e. The first-order valence-electron chi connectivity index (χ1n) is 8.26. The van der Waals surface area contributed by atoms with Gasteiger partial charge in [0.2, 0.25) is 0 Å². The summed E-state index contributed by atoms with van der Waals surface area (Å²) in [6, 6.07) is 0.888. The molecule has 2 fully saturated rings. The van der Waals surface area contributed by atoms with Gasteiger partial charge < -0.3 is 10.2 Å². The minimum atomic E-state index is 0.888. The van der Waals surface area contributed by atoms with Crippen molar-refractivity contribution in [3.05, 3.63) is 0 Å². The molecule has 1 N–H and O–H groups in total. The van der Waals surface area contributed by atoms with Gasteiger partial charge in [0.05, 0.1) is 0 Å². The van der Waals surface area contributed by atoms with E-state index in [0.29, 0.717) is 0 Å². The van der Waals surface area contributed by atoms with E-state index in [1.54, 1.807) is 0 Å². The maximum atomic E-state index is 3.60. The Morgan fingerprint density at radius 2 is 1.72 bits per heavy atom. The van der Waals surface area contributed by atoms with Gasteiger partial charge in [-0.05, 0) is 64.6 Å². The van der Waals surface area contributed by atoms with Crippen molar-refractivity contribution in [2.24, 2.45) is 5.92 Å². The van der Waals surface area contributed by atoms with Gasteiger partial charge in [-0.1, -0.05) is 25.7 Å². The molecule has 2 aliphatic rings. The molecule has 18 heavy (non-hydrogen) atoms. The molecule has 106 valence electrons. The zero-order chi connectivity index (χ0) is 12.6. The van der Waals surface area contributed by atoms with Gasteiger partial charge >= 0.3 is 0 Å². The SMILES string of the molecule is CN(CCCCCNC1CC1)CC1CCCCC1. The highest BCUT2D eigenvalue weighted by Crippen LogP contribution is 2.24. The summed E-state index contributed by atoms with van der Waals surface area (Å²) in [5.41, 5.74) is 0. The van der Waals surface area contributed by atoms with Gasteiger partial charge in [0, 0.05) is 12.6 Å². The molecular formula is C16H32N2. The number of nitrogens with one attached hydrogen (secondary N) is 1. The molecule has 0 aromatic heterocycles. The lowest BCUT2D eigenvalue weighted by molar-refractivity contribution is 0.230. The first kappa shape index (κ1) is 14.3. The number of nitrogens with zero attached hydrogens (tertiary/aromatic N) is 1. The van der Waals surface area contributed by atoms with Gasteiger partial charge in [-0.2, -0.15) is 0 Å². The quantitative estimate of drug-likeness (QED) is 0.633. The molecule has 0 radical (unpaired) electrons. The molecule has 0 heterocycles. The summed E-state index contributed by atoms with van der Waals surface area (Å²) in [5, 5.41) is 3.60. The molecule has 2 rings (SSSR count). The maximum absolute atomic E-state index is 3.60. The lowest BCUT2D eigenvalue weighted by Gasteiger charge is -2.26. The van der Waals surface area contributed by atoms with Crippen LogP contribution < -0.4 is 5.32 Å². The number of hydrogen-bond acceptors (Lipinski definition) is 2. The lowest BCUT2D eigenvalue weighted by atomic mass is 9.89. The van der Waals surface area contributed by atoms with Crippen LogP contribution in [0.15, 0.2) is 0 Å². The molecule has 0 aliphatic heterocycles. The predicted molar refractivity (Wildman–Crippen MR) is 78.9 cm³/mol. The van der Waals surface area contributed by atoms with E-state index in [1.165, 1.54) is 83.8 Å². The summed E-state index contributed by atoms with van der Waals surface area (Å²) < 4.78 is 0. The van der Waals surface area contributed by atoms with Crippen LogP contribution in [0.1, 0.15) is 64.2 Å². The van der Waals surface area contributed by atoms with Crippen molar-refractivity contribution in [1.29, 1.82) is 0 Å². The topological polar surface area (TPSA) is 15.3 Å². The normalized spacial score (nSPS) is 21.7. The molecule has 0 bridgehead atoms. The molecule has 0 saturated heterocycles. The molecule has 2 nitrogen and oxygen atoms in total. The number of hydrogen-bond donors (Lipinski definition) is 1. The van der Waals surface area contributed by atoms with Gasteiger partial charge in [0.15, 0.2) is 0 Å². The first-order valence-corrected chi connectivity index (χ1v) is 8.26. The van der Waals surface area contributed by atoms with Crippen molar-refractivity contribution >= 4 is 0 Å². The maximum Gasteiger partial charge on any atom is 0.00682 e. The van der Waals surface area contributed by atoms with Gasteiger partial charge in [-0.25, -0.2) is 0 Å². The zero-order valence-electron chi connectivity index (χ0n) is 12.3. The van der Waals surface area contributed by atoms with Crippen LogP contribution in [0.2, 0.25) is 0 Å². The van der Waals surface area contributed by atoms with Gasteiger partial charge in [-0.15, -0.1) is 0 Å². The van der Waals surface area contributed by atoms with Crippen molar-refractivity contribution in [3.63, 3.8) is 0 Å². The number of unbranched alkanes of at least 4 members (excludes halogenated alkanes) is 2. The smallest absolute Gasteiger partial charge is 0.00682 e. The third-order valence-electron chi connectivity index (χ3n) is 4.52. The predicted octanol–water partition coefficient (Wildman–Crippen LogP) is 3.42. The molecule has 0 amide bonds. The molecule has 0 aromatic rings. The average molecular weight is 252 g/mol. The highest BCUT2D eigenvalue weighted by atomic mass is 15.1. The molecule has 0 spiro atoms. The second-order valence-electron chi connectivity index (χ2n) is 6.56. The Morgan fingerprint density at radius 3 is 2.44 bits per heavy atom. The Bertz CT molecular complexity index is 207. The van der Waals surface area contributed by atoms with Gasteiger partial charge in [0.1, 0.15) is 0 Å². The molecule has 0 aromatic carbocycles. The van der Waals surface area contributed by atoms with Crippen LogP contribution in [0, 0.1) is 5.92 Å². The van der Waals surface area contributed by atoms with Crippen LogP contribution in [-0.2, 0) is 0 Å². The standard InChI is InChI=1S/C16H32N2/c1-18(14-15-8-4-2-5-9-15)13-7-3-6-12-17-16-10-11-16/h15-17H,2-14H2,1H3.